The van der Waals surface area contributed by atoms with Crippen molar-refractivity contribution in [1.82, 2.24) is 15.2 Å². The fourth-order valence-corrected chi connectivity index (χ4v) is 5.46. The smallest absolute Gasteiger partial charge is 0.416 e. The standard InChI is InChI=1S/C32H32F3N3O3S/c1-31(2,3)24-10-7-21(8-11-24)16-38(17-23-5-4-6-25(13-23)32(33,34)35)18-29-37-26(19-42-29)30(39)36-15-22-9-12-27-28(14-22)41-20-40-27/h4-14,19H,15-18,20H2,1-3H3,(H,36,39). The first-order chi connectivity index (χ1) is 19.9. The van der Waals surface area contributed by atoms with E-state index in [0.29, 0.717) is 47.4 Å². The van der Waals surface area contributed by atoms with Gasteiger partial charge >= 0.3 is 6.18 Å². The first kappa shape index (κ1) is 29.6. The summed E-state index contributed by atoms with van der Waals surface area (Å²) in [5.74, 6) is 1.01. The summed E-state index contributed by atoms with van der Waals surface area (Å²) >= 11 is 1.35. The number of aromatic nitrogens is 1. The number of fused-ring (bicyclic) bond motifs is 1. The van der Waals surface area contributed by atoms with Crippen LogP contribution < -0.4 is 14.8 Å². The van der Waals surface area contributed by atoms with Crippen LogP contribution >= 0.6 is 11.3 Å². The molecule has 0 saturated carbocycles. The Bertz CT molecular complexity index is 1550. The van der Waals surface area contributed by atoms with Gasteiger partial charge in [0.25, 0.3) is 5.91 Å². The van der Waals surface area contributed by atoms with Crippen molar-refractivity contribution in [2.45, 2.75) is 58.5 Å². The number of hydrogen-bond acceptors (Lipinski definition) is 6. The molecule has 0 radical (unpaired) electrons. The molecule has 1 aliphatic rings. The van der Waals surface area contributed by atoms with Gasteiger partial charge in [-0.3, -0.25) is 9.69 Å². The van der Waals surface area contributed by atoms with Crippen LogP contribution in [0.15, 0.2) is 72.1 Å². The lowest BCUT2D eigenvalue weighted by Crippen LogP contribution is -2.24. The Morgan fingerprint density at radius 3 is 2.33 bits per heavy atom. The largest absolute Gasteiger partial charge is 0.454 e. The van der Waals surface area contributed by atoms with E-state index in [-0.39, 0.29) is 24.7 Å². The van der Waals surface area contributed by atoms with E-state index in [1.807, 2.05) is 17.0 Å². The van der Waals surface area contributed by atoms with Crippen LogP contribution in [0.1, 0.15) is 64.1 Å². The predicted molar refractivity (Wildman–Crippen MR) is 155 cm³/mol. The normalized spacial score (nSPS) is 13.0. The number of nitrogens with zero attached hydrogens (tertiary/aromatic N) is 2. The molecule has 0 bridgehead atoms. The summed E-state index contributed by atoms with van der Waals surface area (Å²) in [6, 6.07) is 19.2. The van der Waals surface area contributed by atoms with Crippen LogP contribution in [-0.2, 0) is 37.8 Å². The Kier molecular flexibility index (Phi) is 8.56. The maximum Gasteiger partial charge on any atom is 0.416 e. The fraction of sp³-hybridized carbons (Fsp3) is 0.312. The molecule has 1 amide bonds. The average molecular weight is 596 g/mol. The van der Waals surface area contributed by atoms with E-state index >= 15 is 0 Å². The summed E-state index contributed by atoms with van der Waals surface area (Å²) < 4.78 is 50.8. The Balaban J connectivity index is 1.29. The molecular formula is C32H32F3N3O3S. The second-order valence-electron chi connectivity index (χ2n) is 11.3. The van der Waals surface area contributed by atoms with E-state index in [2.05, 4.69) is 55.3 Å². The number of halogens is 3. The average Bonchev–Trinajstić information content (AvgIpc) is 3.60. The highest BCUT2D eigenvalue weighted by molar-refractivity contribution is 7.09. The van der Waals surface area contributed by atoms with Gasteiger partial charge in [0.1, 0.15) is 10.7 Å². The predicted octanol–water partition coefficient (Wildman–Crippen LogP) is 7.32. The van der Waals surface area contributed by atoms with Crippen LogP contribution in [0.4, 0.5) is 13.2 Å². The first-order valence-electron chi connectivity index (χ1n) is 13.5. The summed E-state index contributed by atoms with van der Waals surface area (Å²) in [4.78, 5) is 19.4. The van der Waals surface area contributed by atoms with Gasteiger partial charge < -0.3 is 14.8 Å². The van der Waals surface area contributed by atoms with Crippen molar-refractivity contribution in [2.24, 2.45) is 0 Å². The number of hydrogen-bond donors (Lipinski definition) is 1. The molecule has 1 aliphatic heterocycles. The zero-order chi connectivity index (χ0) is 29.9. The molecule has 0 spiro atoms. The number of thiazole rings is 1. The van der Waals surface area contributed by atoms with Crippen LogP contribution in [0.2, 0.25) is 0 Å². The van der Waals surface area contributed by atoms with Gasteiger partial charge in [-0.1, -0.05) is 69.3 Å². The van der Waals surface area contributed by atoms with Crippen LogP contribution in [0.3, 0.4) is 0 Å². The molecule has 42 heavy (non-hydrogen) atoms. The number of rotatable bonds is 9. The van der Waals surface area contributed by atoms with Gasteiger partial charge in [-0.25, -0.2) is 4.98 Å². The van der Waals surface area contributed by atoms with Crippen LogP contribution in [0.25, 0.3) is 0 Å². The summed E-state index contributed by atoms with van der Waals surface area (Å²) in [7, 11) is 0. The minimum Gasteiger partial charge on any atom is -0.454 e. The van der Waals surface area contributed by atoms with Crippen LogP contribution in [0, 0.1) is 0 Å². The van der Waals surface area contributed by atoms with Crippen molar-refractivity contribution in [3.63, 3.8) is 0 Å². The van der Waals surface area contributed by atoms with Crippen molar-refractivity contribution in [2.75, 3.05) is 6.79 Å². The number of nitrogens with one attached hydrogen (secondary N) is 1. The quantitative estimate of drug-likeness (QED) is 0.220. The molecular weight excluding hydrogens is 563 g/mol. The molecule has 6 nitrogen and oxygen atoms in total. The third-order valence-electron chi connectivity index (χ3n) is 6.92. The molecule has 2 heterocycles. The van der Waals surface area contributed by atoms with Gasteiger partial charge in [0.15, 0.2) is 11.5 Å². The Labute approximate surface area is 247 Å². The number of carbonyl (C=O) groups is 1. The minimum absolute atomic E-state index is 0.0108. The van der Waals surface area contributed by atoms with Crippen molar-refractivity contribution >= 4 is 17.2 Å². The summed E-state index contributed by atoms with van der Waals surface area (Å²) in [5, 5.41) is 5.27. The van der Waals surface area contributed by atoms with Crippen molar-refractivity contribution in [3.8, 4) is 11.5 Å². The molecule has 1 N–H and O–H groups in total. The van der Waals surface area contributed by atoms with Crippen molar-refractivity contribution < 1.29 is 27.4 Å². The van der Waals surface area contributed by atoms with Gasteiger partial charge in [0, 0.05) is 25.0 Å². The molecule has 0 unspecified atom stereocenters. The van der Waals surface area contributed by atoms with Gasteiger partial charge in [-0.2, -0.15) is 13.2 Å². The minimum atomic E-state index is -4.41. The molecule has 1 aromatic heterocycles. The van der Waals surface area contributed by atoms with Gasteiger partial charge in [0.2, 0.25) is 6.79 Å². The van der Waals surface area contributed by atoms with Crippen LogP contribution in [-0.4, -0.2) is 22.6 Å². The molecule has 0 aliphatic carbocycles. The van der Waals surface area contributed by atoms with Crippen molar-refractivity contribution in [3.05, 3.63) is 111 Å². The summed E-state index contributed by atoms with van der Waals surface area (Å²) in [5.41, 5.74) is 3.29. The van der Waals surface area contributed by atoms with Crippen LogP contribution in [0.5, 0.6) is 11.5 Å². The number of ether oxygens (including phenoxy) is 2. The number of benzene rings is 3. The highest BCUT2D eigenvalue weighted by Crippen LogP contribution is 2.33. The maximum atomic E-state index is 13.4. The molecule has 3 aromatic carbocycles. The number of amides is 1. The van der Waals surface area contributed by atoms with Gasteiger partial charge in [-0.15, -0.1) is 11.3 Å². The lowest BCUT2D eigenvalue weighted by atomic mass is 9.87. The lowest BCUT2D eigenvalue weighted by molar-refractivity contribution is -0.137. The van der Waals surface area contributed by atoms with E-state index in [4.69, 9.17) is 9.47 Å². The number of alkyl halides is 3. The highest BCUT2D eigenvalue weighted by atomic mass is 32.1. The molecule has 0 fully saturated rings. The first-order valence-corrected chi connectivity index (χ1v) is 14.4. The second-order valence-corrected chi connectivity index (χ2v) is 12.2. The zero-order valence-corrected chi connectivity index (χ0v) is 24.4. The van der Waals surface area contributed by atoms with E-state index in [0.717, 1.165) is 17.2 Å². The third-order valence-corrected chi connectivity index (χ3v) is 7.75. The van der Waals surface area contributed by atoms with E-state index in [1.165, 1.54) is 29.0 Å². The third kappa shape index (κ3) is 7.49. The summed E-state index contributed by atoms with van der Waals surface area (Å²) in [6.07, 6.45) is -4.41. The number of carbonyl (C=O) groups excluding carboxylic acids is 1. The molecule has 5 rings (SSSR count). The summed E-state index contributed by atoms with van der Waals surface area (Å²) in [6.45, 7) is 8.08. The van der Waals surface area contributed by atoms with E-state index < -0.39 is 11.7 Å². The second kappa shape index (κ2) is 12.1. The topological polar surface area (TPSA) is 63.7 Å². The zero-order valence-electron chi connectivity index (χ0n) is 23.6. The van der Waals surface area contributed by atoms with Gasteiger partial charge in [0.05, 0.1) is 12.1 Å². The SMILES string of the molecule is CC(C)(C)c1ccc(CN(Cc2cccc(C(F)(F)F)c2)Cc2nc(C(=O)NCc3ccc4c(c3)OCO4)cs2)cc1. The van der Waals surface area contributed by atoms with E-state index in [1.54, 1.807) is 17.5 Å². The Morgan fingerprint density at radius 1 is 0.881 bits per heavy atom. The molecule has 0 atom stereocenters. The molecule has 10 heteroatoms. The van der Waals surface area contributed by atoms with Crippen molar-refractivity contribution in [1.29, 1.82) is 0 Å². The molecule has 0 saturated heterocycles. The molecule has 220 valence electrons. The fourth-order valence-electron chi connectivity index (χ4n) is 4.64. The highest BCUT2D eigenvalue weighted by Gasteiger charge is 2.30. The van der Waals surface area contributed by atoms with E-state index in [9.17, 15) is 18.0 Å². The Hall–Kier alpha value is -3.89. The Morgan fingerprint density at radius 2 is 1.60 bits per heavy atom. The van der Waals surface area contributed by atoms with Gasteiger partial charge in [-0.05, 0) is 45.9 Å². The maximum absolute atomic E-state index is 13.4. The monoisotopic (exact) mass is 595 g/mol. The lowest BCUT2D eigenvalue weighted by Gasteiger charge is -2.23. The molecule has 4 aromatic rings.